The number of allylic oxidation sites excluding steroid dienone is 2. The van der Waals surface area contributed by atoms with Gasteiger partial charge < -0.3 is 5.11 Å². The summed E-state index contributed by atoms with van der Waals surface area (Å²) in [5, 5.41) is 14.5. The third kappa shape index (κ3) is 9.89. The number of aliphatic hydroxyl groups is 1. The number of aliphatic hydroxyl groups excluding tert-OH is 1. The van der Waals surface area contributed by atoms with Gasteiger partial charge >= 0.3 is 0 Å². The van der Waals surface area contributed by atoms with Crippen molar-refractivity contribution in [2.24, 2.45) is 39.9 Å². The van der Waals surface area contributed by atoms with Gasteiger partial charge in [0.05, 0.1) is 5.52 Å². The monoisotopic (exact) mass is 938 g/mol. The summed E-state index contributed by atoms with van der Waals surface area (Å²) in [5.74, 6) is 1.87. The average molecular weight is 937 g/mol. The van der Waals surface area contributed by atoms with E-state index < -0.39 is 5.41 Å². The Kier molecular flexibility index (Phi) is 15.3. The fourth-order valence-corrected chi connectivity index (χ4v) is 8.88. The van der Waals surface area contributed by atoms with Crippen LogP contribution in [0.2, 0.25) is 0 Å². The summed E-state index contributed by atoms with van der Waals surface area (Å²) >= 11 is 0. The van der Waals surface area contributed by atoms with Crippen LogP contribution in [0, 0.1) is 59.8 Å². The van der Waals surface area contributed by atoms with E-state index in [2.05, 4.69) is 158 Å². The van der Waals surface area contributed by atoms with E-state index in [9.17, 15) is 9.90 Å². The van der Waals surface area contributed by atoms with Gasteiger partial charge in [0.2, 0.25) is 0 Å². The molecule has 0 amide bonds. The number of benzene rings is 3. The Hall–Kier alpha value is -2.81. The normalized spacial score (nSPS) is 15.8. The predicted molar refractivity (Wildman–Crippen MR) is 238 cm³/mol. The largest absolute Gasteiger partial charge is 0.512 e. The van der Waals surface area contributed by atoms with E-state index in [0.29, 0.717) is 11.3 Å². The number of hydrogen-bond acceptors (Lipinski definition) is 3. The van der Waals surface area contributed by atoms with Crippen LogP contribution < -0.4 is 0 Å². The molecule has 1 radical (unpaired) electrons. The van der Waals surface area contributed by atoms with E-state index in [1.54, 1.807) is 0 Å². The molecule has 0 bridgehead atoms. The van der Waals surface area contributed by atoms with Crippen LogP contribution in [0.25, 0.3) is 32.9 Å². The first-order chi connectivity index (χ1) is 25.3. The number of ketones is 1. The summed E-state index contributed by atoms with van der Waals surface area (Å²) in [6.07, 6.45) is 6.59. The van der Waals surface area contributed by atoms with Crippen LogP contribution in [-0.4, -0.2) is 15.9 Å². The summed E-state index contributed by atoms with van der Waals surface area (Å²) in [7, 11) is 0. The number of fused-ring (bicyclic) bond motifs is 2. The molecule has 0 saturated heterocycles. The number of aryl methyl sites for hydroxylation is 2. The zero-order chi connectivity index (χ0) is 41.4. The quantitative estimate of drug-likeness (QED) is 0.103. The van der Waals surface area contributed by atoms with Crippen LogP contribution >= 0.6 is 0 Å². The molecule has 0 aliphatic heterocycles. The van der Waals surface area contributed by atoms with E-state index in [-0.39, 0.29) is 66.1 Å². The van der Waals surface area contributed by atoms with Crippen LogP contribution in [0.15, 0.2) is 60.4 Å². The van der Waals surface area contributed by atoms with E-state index in [4.69, 9.17) is 4.98 Å². The summed E-state index contributed by atoms with van der Waals surface area (Å²) in [5.41, 5.74) is 8.49. The van der Waals surface area contributed by atoms with Gasteiger partial charge in [0.1, 0.15) is 5.76 Å². The van der Waals surface area contributed by atoms with Crippen LogP contribution in [0.3, 0.4) is 0 Å². The molecule has 1 heterocycles. The third-order valence-corrected chi connectivity index (χ3v) is 14.1. The summed E-state index contributed by atoms with van der Waals surface area (Å²) in [4.78, 5) is 18.1. The molecule has 1 aliphatic rings. The zero-order valence-corrected chi connectivity index (χ0v) is 40.4. The Morgan fingerprint density at radius 2 is 1.36 bits per heavy atom. The second-order valence-electron chi connectivity index (χ2n) is 20.5. The van der Waals surface area contributed by atoms with Gasteiger partial charge in [-0.15, -0.1) is 29.1 Å². The number of hydrogen-bond donors (Lipinski definition) is 1. The molecule has 5 rings (SSSR count). The number of rotatable bonds is 9. The maximum Gasteiger partial charge on any atom is 0.165 e. The van der Waals surface area contributed by atoms with E-state index in [1.807, 2.05) is 13.8 Å². The van der Waals surface area contributed by atoms with Crippen LogP contribution in [0.4, 0.5) is 0 Å². The van der Waals surface area contributed by atoms with Gasteiger partial charge in [-0.3, -0.25) is 9.78 Å². The minimum atomic E-state index is -0.442. The molecule has 1 fully saturated rings. The second-order valence-corrected chi connectivity index (χ2v) is 20.5. The molecule has 1 aromatic heterocycles. The molecule has 1 saturated carbocycles. The number of pyridine rings is 1. The van der Waals surface area contributed by atoms with Gasteiger partial charge in [-0.2, -0.15) is 0 Å². The number of nitrogens with zero attached hydrogens (tertiary/aromatic N) is 1. The first-order valence-corrected chi connectivity index (χ1v) is 21.2. The molecule has 1 N–H and O–H groups in total. The molecular formula is C52H74IrNO2-. The molecular weight excluding hydrogens is 863 g/mol. The van der Waals surface area contributed by atoms with Crippen molar-refractivity contribution in [3.8, 4) is 11.3 Å². The Bertz CT molecular complexity index is 2000. The van der Waals surface area contributed by atoms with Crippen molar-refractivity contribution in [3.05, 3.63) is 88.7 Å². The first-order valence-electron chi connectivity index (χ1n) is 21.2. The topological polar surface area (TPSA) is 50.2 Å². The first kappa shape index (κ1) is 47.6. The molecule has 4 aromatic rings. The molecule has 56 heavy (non-hydrogen) atoms. The van der Waals surface area contributed by atoms with Gasteiger partial charge in [0.25, 0.3) is 0 Å². The molecule has 3 aromatic carbocycles. The van der Waals surface area contributed by atoms with Crippen molar-refractivity contribution < 1.29 is 30.0 Å². The smallest absolute Gasteiger partial charge is 0.165 e. The molecule has 4 heteroatoms. The molecule has 3 nitrogen and oxygen atoms in total. The van der Waals surface area contributed by atoms with Crippen molar-refractivity contribution in [2.75, 3.05) is 0 Å². The third-order valence-electron chi connectivity index (χ3n) is 14.1. The van der Waals surface area contributed by atoms with Crippen LogP contribution in [-0.2, 0) is 30.3 Å². The molecule has 1 aliphatic carbocycles. The second kappa shape index (κ2) is 18.0. The van der Waals surface area contributed by atoms with Crippen molar-refractivity contribution in [3.63, 3.8) is 0 Å². The van der Waals surface area contributed by atoms with E-state index >= 15 is 0 Å². The summed E-state index contributed by atoms with van der Waals surface area (Å²) in [6.45, 7) is 36.9. The maximum atomic E-state index is 12.8. The van der Waals surface area contributed by atoms with Crippen LogP contribution in [0.1, 0.15) is 158 Å². The van der Waals surface area contributed by atoms with Gasteiger partial charge in [-0.05, 0) is 103 Å². The standard InChI is InChI=1S/C33H38N.C19H36O2.Ir/c1-21-16-22(2)31-27(23-12-14-33(6,7)15-13-23)20-29(34-30(31)17-21)25-18-24-10-8-9-11-26(24)28(19-25)32(3,4)5;1-12(2)18(9,13(3)4)16(20)11-17(21)19(10,14(5)6)15(7)8;/h8-11,16-17,19-20,23H,12-15H2,1-7H3;11-15,20H,1-10H3;/q-1;;/b;16-11-;. The van der Waals surface area contributed by atoms with Gasteiger partial charge in [-0.25, -0.2) is 0 Å². The van der Waals surface area contributed by atoms with Crippen LogP contribution in [0.5, 0.6) is 0 Å². The average Bonchev–Trinajstić information content (AvgIpc) is 3.09. The Balaban J connectivity index is 0.000000333. The number of carbonyl (C=O) groups is 1. The summed E-state index contributed by atoms with van der Waals surface area (Å²) < 4.78 is 0. The van der Waals surface area contributed by atoms with Gasteiger partial charge in [0, 0.05) is 48.1 Å². The van der Waals surface area contributed by atoms with Crippen molar-refractivity contribution in [2.45, 2.75) is 155 Å². The molecule has 0 atom stereocenters. The fourth-order valence-electron chi connectivity index (χ4n) is 8.88. The zero-order valence-electron chi connectivity index (χ0n) is 38.0. The van der Waals surface area contributed by atoms with Crippen molar-refractivity contribution in [1.29, 1.82) is 0 Å². The predicted octanol–water partition coefficient (Wildman–Crippen LogP) is 15.1. The maximum absolute atomic E-state index is 12.8. The van der Waals surface area contributed by atoms with E-state index in [0.717, 1.165) is 16.8 Å². The Morgan fingerprint density at radius 1 is 0.821 bits per heavy atom. The van der Waals surface area contributed by atoms with Gasteiger partial charge in [0.15, 0.2) is 5.78 Å². The fraction of sp³-hybridized carbons (Fsp3) is 0.577. The Labute approximate surface area is 355 Å². The minimum absolute atomic E-state index is 0. The molecule has 0 spiro atoms. The number of aromatic nitrogens is 1. The van der Waals surface area contributed by atoms with Crippen molar-refractivity contribution >= 4 is 27.5 Å². The Morgan fingerprint density at radius 3 is 1.88 bits per heavy atom. The van der Waals surface area contributed by atoms with Gasteiger partial charge in [-0.1, -0.05) is 145 Å². The molecule has 0 unspecified atom stereocenters. The van der Waals surface area contributed by atoms with Crippen molar-refractivity contribution in [1.82, 2.24) is 4.98 Å². The summed E-state index contributed by atoms with van der Waals surface area (Å²) in [6, 6.07) is 21.7. The molecule has 309 valence electrons. The SMILES string of the molecule is CC(C)C(C)(C(=O)/C=C(\O)C(C)(C(C)C)C(C)C)C(C)C.Cc1cc(C)c2c(C3CCC(C)(C)CC3)cc(-c3[c-]c4ccccc4c(C(C)(C)C)c3)nc2c1.[Ir]. The minimum Gasteiger partial charge on any atom is -0.512 e. The van der Waals surface area contributed by atoms with E-state index in [1.165, 1.54) is 70.2 Å². The number of carbonyl (C=O) groups excluding carboxylic acids is 1.